The SMILES string of the molecule is CCCCOC(=O)c1c(C)oc2cc(C)c(NS(=O)(=O)CC)cc12. The number of hydrogen-bond donors (Lipinski definition) is 1. The van der Waals surface area contributed by atoms with Crippen LogP contribution in [0.3, 0.4) is 0 Å². The van der Waals surface area contributed by atoms with Crippen molar-refractivity contribution in [2.45, 2.75) is 40.5 Å². The first kappa shape index (κ1) is 18.3. The fourth-order valence-electron chi connectivity index (χ4n) is 2.35. The quantitative estimate of drug-likeness (QED) is 0.605. The van der Waals surface area contributed by atoms with Crippen molar-refractivity contribution in [3.8, 4) is 0 Å². The first-order valence-electron chi connectivity index (χ1n) is 8.00. The van der Waals surface area contributed by atoms with Gasteiger partial charge in [-0.2, -0.15) is 0 Å². The van der Waals surface area contributed by atoms with Crippen LogP contribution in [0.15, 0.2) is 16.5 Å². The minimum atomic E-state index is -3.40. The van der Waals surface area contributed by atoms with E-state index in [1.54, 1.807) is 32.9 Å². The molecule has 24 heavy (non-hydrogen) atoms. The number of rotatable bonds is 7. The Kier molecular flexibility index (Phi) is 5.54. The molecule has 0 aliphatic carbocycles. The molecule has 0 amide bonds. The number of furan rings is 1. The van der Waals surface area contributed by atoms with Gasteiger partial charge in [-0.1, -0.05) is 13.3 Å². The number of ether oxygens (including phenoxy) is 1. The summed E-state index contributed by atoms with van der Waals surface area (Å²) in [5.74, 6) is -0.0184. The summed E-state index contributed by atoms with van der Waals surface area (Å²) in [5, 5.41) is 0.549. The number of hydrogen-bond acceptors (Lipinski definition) is 5. The predicted molar refractivity (Wildman–Crippen MR) is 94.0 cm³/mol. The molecule has 0 atom stereocenters. The minimum absolute atomic E-state index is 0.0270. The highest BCUT2D eigenvalue weighted by Crippen LogP contribution is 2.31. The Morgan fingerprint density at radius 1 is 1.25 bits per heavy atom. The average molecular weight is 353 g/mol. The molecule has 0 bridgehead atoms. The molecule has 0 radical (unpaired) electrons. The molecule has 0 aliphatic heterocycles. The summed E-state index contributed by atoms with van der Waals surface area (Å²) in [7, 11) is -3.40. The predicted octanol–water partition coefficient (Wildman–Crippen LogP) is 3.77. The Hall–Kier alpha value is -2.02. The molecule has 1 aromatic carbocycles. The lowest BCUT2D eigenvalue weighted by atomic mass is 10.1. The number of sulfonamides is 1. The van der Waals surface area contributed by atoms with Crippen molar-refractivity contribution >= 4 is 32.6 Å². The van der Waals surface area contributed by atoms with E-state index in [-0.39, 0.29) is 5.75 Å². The summed E-state index contributed by atoms with van der Waals surface area (Å²) in [6, 6.07) is 3.35. The second-order valence-electron chi connectivity index (χ2n) is 5.69. The molecule has 7 heteroatoms. The normalized spacial score (nSPS) is 11.7. The maximum atomic E-state index is 12.3. The van der Waals surface area contributed by atoms with Gasteiger partial charge in [0, 0.05) is 5.39 Å². The van der Waals surface area contributed by atoms with Crippen LogP contribution >= 0.6 is 0 Å². The molecule has 132 valence electrons. The van der Waals surface area contributed by atoms with Gasteiger partial charge in [0.05, 0.1) is 18.0 Å². The summed E-state index contributed by atoms with van der Waals surface area (Å²) >= 11 is 0. The molecule has 0 fully saturated rings. The first-order valence-corrected chi connectivity index (χ1v) is 9.65. The second kappa shape index (κ2) is 7.25. The van der Waals surface area contributed by atoms with E-state index in [9.17, 15) is 13.2 Å². The number of nitrogens with one attached hydrogen (secondary N) is 1. The van der Waals surface area contributed by atoms with Crippen LogP contribution in [0.4, 0.5) is 5.69 Å². The van der Waals surface area contributed by atoms with E-state index in [4.69, 9.17) is 9.15 Å². The van der Waals surface area contributed by atoms with Gasteiger partial charge in [-0.15, -0.1) is 0 Å². The van der Waals surface area contributed by atoms with Crippen molar-refractivity contribution in [2.24, 2.45) is 0 Å². The second-order valence-corrected chi connectivity index (χ2v) is 7.70. The largest absolute Gasteiger partial charge is 0.462 e. The Morgan fingerprint density at radius 3 is 2.58 bits per heavy atom. The highest BCUT2D eigenvalue weighted by Gasteiger charge is 2.21. The molecule has 0 spiro atoms. The van der Waals surface area contributed by atoms with Gasteiger partial charge in [0.25, 0.3) is 0 Å². The van der Waals surface area contributed by atoms with Gasteiger partial charge in [-0.25, -0.2) is 13.2 Å². The van der Waals surface area contributed by atoms with Crippen LogP contribution < -0.4 is 4.72 Å². The summed E-state index contributed by atoms with van der Waals surface area (Å²) in [4.78, 5) is 12.3. The van der Waals surface area contributed by atoms with Crippen LogP contribution in [0.2, 0.25) is 0 Å². The van der Waals surface area contributed by atoms with Gasteiger partial charge in [-0.05, 0) is 44.9 Å². The third-order valence-corrected chi connectivity index (χ3v) is 5.08. The summed E-state index contributed by atoms with van der Waals surface area (Å²) < 4.78 is 37.1. The molecule has 1 heterocycles. The lowest BCUT2D eigenvalue weighted by molar-refractivity contribution is 0.0500. The van der Waals surface area contributed by atoms with Gasteiger partial charge in [0.1, 0.15) is 16.9 Å². The van der Waals surface area contributed by atoms with E-state index in [0.29, 0.717) is 34.6 Å². The van der Waals surface area contributed by atoms with Gasteiger partial charge in [0.2, 0.25) is 10.0 Å². The highest BCUT2D eigenvalue weighted by molar-refractivity contribution is 7.92. The van der Waals surface area contributed by atoms with E-state index in [1.165, 1.54) is 0 Å². The molecule has 0 saturated carbocycles. The maximum absolute atomic E-state index is 12.3. The van der Waals surface area contributed by atoms with Crippen molar-refractivity contribution in [1.29, 1.82) is 0 Å². The lowest BCUT2D eigenvalue weighted by Gasteiger charge is -2.09. The molecule has 0 saturated heterocycles. The number of aryl methyl sites for hydroxylation is 2. The summed E-state index contributed by atoms with van der Waals surface area (Å²) in [6.07, 6.45) is 1.72. The standard InChI is InChI=1S/C17H23NO5S/c1-5-7-8-22-17(19)16-12(4)23-15-9-11(3)14(10-13(15)16)18-24(20,21)6-2/h9-10,18H,5-8H2,1-4H3. The minimum Gasteiger partial charge on any atom is -0.462 e. The third-order valence-electron chi connectivity index (χ3n) is 3.79. The zero-order valence-corrected chi connectivity index (χ0v) is 15.2. The number of carbonyl (C=O) groups is 1. The van der Waals surface area contributed by atoms with Crippen LogP contribution in [-0.4, -0.2) is 26.7 Å². The van der Waals surface area contributed by atoms with Crippen molar-refractivity contribution in [1.82, 2.24) is 0 Å². The number of benzene rings is 1. The molecule has 1 aromatic heterocycles. The van der Waals surface area contributed by atoms with Crippen LogP contribution in [0.5, 0.6) is 0 Å². The fourth-order valence-corrected chi connectivity index (χ4v) is 3.05. The maximum Gasteiger partial charge on any atom is 0.342 e. The summed E-state index contributed by atoms with van der Waals surface area (Å²) in [5.41, 5.74) is 2.04. The van der Waals surface area contributed by atoms with E-state index >= 15 is 0 Å². The van der Waals surface area contributed by atoms with E-state index in [0.717, 1.165) is 18.4 Å². The number of carbonyl (C=O) groups excluding carboxylic acids is 1. The fraction of sp³-hybridized carbons (Fsp3) is 0.471. The molecular weight excluding hydrogens is 330 g/mol. The molecule has 0 aliphatic rings. The Labute approximate surface area is 142 Å². The summed E-state index contributed by atoms with van der Waals surface area (Å²) in [6.45, 7) is 7.41. The zero-order chi connectivity index (χ0) is 17.9. The molecule has 2 rings (SSSR count). The molecule has 2 aromatic rings. The zero-order valence-electron chi connectivity index (χ0n) is 14.4. The first-order chi connectivity index (χ1) is 11.3. The topological polar surface area (TPSA) is 85.6 Å². The van der Waals surface area contributed by atoms with Gasteiger partial charge in [0.15, 0.2) is 0 Å². The number of unbranched alkanes of at least 4 members (excludes halogenated alkanes) is 1. The van der Waals surface area contributed by atoms with Gasteiger partial charge >= 0.3 is 5.97 Å². The van der Waals surface area contributed by atoms with Crippen molar-refractivity contribution in [2.75, 3.05) is 17.1 Å². The van der Waals surface area contributed by atoms with Crippen molar-refractivity contribution in [3.05, 3.63) is 29.0 Å². The van der Waals surface area contributed by atoms with E-state index in [2.05, 4.69) is 4.72 Å². The molecular formula is C17H23NO5S. The van der Waals surface area contributed by atoms with Gasteiger partial charge < -0.3 is 9.15 Å². The molecule has 6 nitrogen and oxygen atoms in total. The Balaban J connectivity index is 2.45. The van der Waals surface area contributed by atoms with Crippen LogP contribution in [-0.2, 0) is 14.8 Å². The third kappa shape index (κ3) is 3.90. The van der Waals surface area contributed by atoms with Crippen LogP contribution in [0, 0.1) is 13.8 Å². The number of esters is 1. The average Bonchev–Trinajstić information content (AvgIpc) is 2.82. The Bertz CT molecular complexity index is 851. The van der Waals surface area contributed by atoms with Crippen molar-refractivity contribution < 1.29 is 22.4 Å². The van der Waals surface area contributed by atoms with E-state index < -0.39 is 16.0 Å². The van der Waals surface area contributed by atoms with E-state index in [1.807, 2.05) is 6.92 Å². The lowest BCUT2D eigenvalue weighted by Crippen LogP contribution is -2.15. The van der Waals surface area contributed by atoms with Gasteiger partial charge in [-0.3, -0.25) is 4.72 Å². The van der Waals surface area contributed by atoms with Crippen molar-refractivity contribution in [3.63, 3.8) is 0 Å². The highest BCUT2D eigenvalue weighted by atomic mass is 32.2. The number of anilines is 1. The monoisotopic (exact) mass is 353 g/mol. The molecule has 1 N–H and O–H groups in total. The van der Waals surface area contributed by atoms with Crippen LogP contribution in [0.25, 0.3) is 11.0 Å². The van der Waals surface area contributed by atoms with Crippen LogP contribution in [0.1, 0.15) is 48.4 Å². The smallest absolute Gasteiger partial charge is 0.342 e. The Morgan fingerprint density at radius 2 is 1.96 bits per heavy atom. The number of fused-ring (bicyclic) bond motifs is 1. The molecule has 0 unspecified atom stereocenters.